The van der Waals surface area contributed by atoms with Crippen molar-refractivity contribution in [3.8, 4) is 0 Å². The summed E-state index contributed by atoms with van der Waals surface area (Å²) in [5.74, 6) is 0.995. The molecule has 1 saturated carbocycles. The number of nitrogens with one attached hydrogen (secondary N) is 1. The Hall–Kier alpha value is -0.380. The summed E-state index contributed by atoms with van der Waals surface area (Å²) in [4.78, 5) is 2.68. The lowest BCUT2D eigenvalue weighted by atomic mass is 9.97. The average Bonchev–Trinajstić information content (AvgIpc) is 3.33. The van der Waals surface area contributed by atoms with Gasteiger partial charge in [0.05, 0.1) is 0 Å². The van der Waals surface area contributed by atoms with Gasteiger partial charge in [-0.1, -0.05) is 35.0 Å². The van der Waals surface area contributed by atoms with Crippen molar-refractivity contribution in [3.63, 3.8) is 0 Å². The molecule has 0 bridgehead atoms. The minimum absolute atomic E-state index is 0.586. The molecule has 1 aromatic carbocycles. The Morgan fingerprint density at radius 1 is 1.14 bits per heavy atom. The quantitative estimate of drug-likeness (QED) is 0.819. The molecule has 3 rings (SSSR count). The van der Waals surface area contributed by atoms with E-state index in [1.807, 2.05) is 0 Å². The Kier molecular flexibility index (Phi) is 5.36. The van der Waals surface area contributed by atoms with Crippen LogP contribution in [0.25, 0.3) is 0 Å². The zero-order chi connectivity index (χ0) is 14.7. The van der Waals surface area contributed by atoms with Crippen molar-refractivity contribution in [2.75, 3.05) is 19.6 Å². The molecule has 1 saturated heterocycles. The molecule has 2 aliphatic rings. The van der Waals surface area contributed by atoms with Gasteiger partial charge in [0.25, 0.3) is 0 Å². The molecule has 1 N–H and O–H groups in total. The van der Waals surface area contributed by atoms with Crippen molar-refractivity contribution in [3.05, 3.63) is 34.3 Å². The summed E-state index contributed by atoms with van der Waals surface area (Å²) < 4.78 is 1.17. The van der Waals surface area contributed by atoms with Crippen molar-refractivity contribution < 1.29 is 0 Å². The van der Waals surface area contributed by atoms with Crippen LogP contribution in [0.15, 0.2) is 28.7 Å². The zero-order valence-electron chi connectivity index (χ0n) is 13.0. The van der Waals surface area contributed by atoms with Gasteiger partial charge in [0, 0.05) is 29.6 Å². The fourth-order valence-corrected chi connectivity index (χ4v) is 3.72. The van der Waals surface area contributed by atoms with Gasteiger partial charge in [-0.15, -0.1) is 0 Å². The molecular weight excluding hydrogens is 324 g/mol. The number of piperidine rings is 1. The molecule has 0 aromatic heterocycles. The Balaban J connectivity index is 1.52. The van der Waals surface area contributed by atoms with Crippen LogP contribution in [-0.2, 0) is 0 Å². The molecule has 1 aliphatic heterocycles. The van der Waals surface area contributed by atoms with Crippen LogP contribution in [0.1, 0.15) is 50.6 Å². The summed E-state index contributed by atoms with van der Waals surface area (Å²) in [6, 6.07) is 10.2. The van der Waals surface area contributed by atoms with E-state index in [2.05, 4.69) is 57.3 Å². The van der Waals surface area contributed by atoms with Gasteiger partial charge in [0.2, 0.25) is 0 Å². The lowest BCUT2D eigenvalue weighted by Crippen LogP contribution is -2.44. The SMILES string of the molecule is CCC(c1ccc(Br)cc1)N1CCC(NCC2CC2)CC1. The summed E-state index contributed by atoms with van der Waals surface area (Å²) in [6.45, 7) is 6.03. The Labute approximate surface area is 137 Å². The largest absolute Gasteiger partial charge is 0.314 e. The first-order chi connectivity index (χ1) is 10.3. The van der Waals surface area contributed by atoms with Crippen LogP contribution in [0, 0.1) is 5.92 Å². The summed E-state index contributed by atoms with van der Waals surface area (Å²) in [6.07, 6.45) is 6.71. The standard InChI is InChI=1S/C18H27BrN2/c1-2-18(15-5-7-16(19)8-6-15)21-11-9-17(10-12-21)20-13-14-3-4-14/h5-8,14,17-18,20H,2-4,9-13H2,1H3. The molecule has 0 spiro atoms. The Morgan fingerprint density at radius 3 is 2.38 bits per heavy atom. The van der Waals surface area contributed by atoms with Crippen LogP contribution < -0.4 is 5.32 Å². The van der Waals surface area contributed by atoms with Gasteiger partial charge in [-0.3, -0.25) is 4.90 Å². The molecule has 2 nitrogen and oxygen atoms in total. The second kappa shape index (κ2) is 7.26. The maximum Gasteiger partial charge on any atom is 0.0345 e. The molecular formula is C18H27BrN2. The lowest BCUT2D eigenvalue weighted by molar-refractivity contribution is 0.139. The minimum Gasteiger partial charge on any atom is -0.314 e. The summed E-state index contributed by atoms with van der Waals surface area (Å²) >= 11 is 3.53. The summed E-state index contributed by atoms with van der Waals surface area (Å²) in [5.41, 5.74) is 1.46. The van der Waals surface area contributed by atoms with E-state index in [0.717, 1.165) is 12.0 Å². The molecule has 3 heteroatoms. The van der Waals surface area contributed by atoms with E-state index in [1.165, 1.54) is 61.8 Å². The van der Waals surface area contributed by atoms with E-state index in [1.54, 1.807) is 0 Å². The maximum atomic E-state index is 3.78. The van der Waals surface area contributed by atoms with Crippen molar-refractivity contribution in [1.82, 2.24) is 10.2 Å². The molecule has 116 valence electrons. The number of hydrogen-bond donors (Lipinski definition) is 1. The first kappa shape index (κ1) is 15.5. The van der Waals surface area contributed by atoms with Gasteiger partial charge in [0.1, 0.15) is 0 Å². The monoisotopic (exact) mass is 350 g/mol. The van der Waals surface area contributed by atoms with E-state index < -0.39 is 0 Å². The van der Waals surface area contributed by atoms with Crippen LogP contribution in [0.4, 0.5) is 0 Å². The third-order valence-electron chi connectivity index (χ3n) is 5.00. The van der Waals surface area contributed by atoms with E-state index in [9.17, 15) is 0 Å². The molecule has 0 amide bonds. The highest BCUT2D eigenvalue weighted by Crippen LogP contribution is 2.30. The van der Waals surface area contributed by atoms with Crippen molar-refractivity contribution in [1.29, 1.82) is 0 Å². The van der Waals surface area contributed by atoms with Crippen LogP contribution in [-0.4, -0.2) is 30.6 Å². The number of nitrogens with zero attached hydrogens (tertiary/aromatic N) is 1. The van der Waals surface area contributed by atoms with Crippen molar-refractivity contribution in [2.24, 2.45) is 5.92 Å². The number of rotatable bonds is 6. The molecule has 1 atom stereocenters. The van der Waals surface area contributed by atoms with Crippen molar-refractivity contribution >= 4 is 15.9 Å². The highest BCUT2D eigenvalue weighted by Gasteiger charge is 2.27. The Morgan fingerprint density at radius 2 is 1.81 bits per heavy atom. The van der Waals surface area contributed by atoms with Gasteiger partial charge in [-0.25, -0.2) is 0 Å². The predicted octanol–water partition coefficient (Wildman–Crippen LogP) is 4.36. The highest BCUT2D eigenvalue weighted by molar-refractivity contribution is 9.10. The predicted molar refractivity (Wildman–Crippen MR) is 92.5 cm³/mol. The second-order valence-electron chi connectivity index (χ2n) is 6.64. The summed E-state index contributed by atoms with van der Waals surface area (Å²) in [7, 11) is 0. The van der Waals surface area contributed by atoms with Crippen LogP contribution >= 0.6 is 15.9 Å². The van der Waals surface area contributed by atoms with E-state index in [0.29, 0.717) is 6.04 Å². The number of hydrogen-bond acceptors (Lipinski definition) is 2. The van der Waals surface area contributed by atoms with Crippen LogP contribution in [0.2, 0.25) is 0 Å². The van der Waals surface area contributed by atoms with Gasteiger partial charge in [-0.05, 0) is 62.3 Å². The van der Waals surface area contributed by atoms with E-state index in [4.69, 9.17) is 0 Å². The first-order valence-corrected chi connectivity index (χ1v) is 9.28. The Bertz CT molecular complexity index is 433. The molecule has 2 fully saturated rings. The highest BCUT2D eigenvalue weighted by atomic mass is 79.9. The molecule has 1 unspecified atom stereocenters. The third kappa shape index (κ3) is 4.30. The smallest absolute Gasteiger partial charge is 0.0345 e. The second-order valence-corrected chi connectivity index (χ2v) is 7.55. The topological polar surface area (TPSA) is 15.3 Å². The van der Waals surface area contributed by atoms with E-state index >= 15 is 0 Å². The average molecular weight is 351 g/mol. The molecule has 0 radical (unpaired) electrons. The molecule has 1 heterocycles. The van der Waals surface area contributed by atoms with E-state index in [-0.39, 0.29) is 0 Å². The van der Waals surface area contributed by atoms with Crippen LogP contribution in [0.3, 0.4) is 0 Å². The lowest BCUT2D eigenvalue weighted by Gasteiger charge is -2.38. The molecule has 21 heavy (non-hydrogen) atoms. The third-order valence-corrected chi connectivity index (χ3v) is 5.53. The number of benzene rings is 1. The normalized spacial score (nSPS) is 22.4. The van der Waals surface area contributed by atoms with Gasteiger partial charge < -0.3 is 5.32 Å². The summed E-state index contributed by atoms with van der Waals surface area (Å²) in [5, 5.41) is 3.78. The zero-order valence-corrected chi connectivity index (χ0v) is 14.6. The minimum atomic E-state index is 0.586. The van der Waals surface area contributed by atoms with Gasteiger partial charge in [-0.2, -0.15) is 0 Å². The van der Waals surface area contributed by atoms with Crippen molar-refractivity contribution in [2.45, 2.75) is 51.1 Å². The van der Waals surface area contributed by atoms with Gasteiger partial charge >= 0.3 is 0 Å². The fourth-order valence-electron chi connectivity index (χ4n) is 3.46. The van der Waals surface area contributed by atoms with Crippen LogP contribution in [0.5, 0.6) is 0 Å². The number of likely N-dealkylation sites (tertiary alicyclic amines) is 1. The molecule has 1 aliphatic carbocycles. The fraction of sp³-hybridized carbons (Fsp3) is 0.667. The molecule has 1 aromatic rings. The number of halogens is 1. The van der Waals surface area contributed by atoms with Gasteiger partial charge in [0.15, 0.2) is 0 Å². The maximum absolute atomic E-state index is 3.78. The first-order valence-electron chi connectivity index (χ1n) is 8.49.